The first-order chi connectivity index (χ1) is 14.0. The molecule has 0 unspecified atom stereocenters. The smallest absolute Gasteiger partial charge is 0.257 e. The van der Waals surface area contributed by atoms with Gasteiger partial charge in [0, 0.05) is 42.9 Å². The van der Waals surface area contributed by atoms with Gasteiger partial charge in [-0.15, -0.1) is 0 Å². The number of fused-ring (bicyclic) bond motifs is 4. The van der Waals surface area contributed by atoms with Crippen LogP contribution in [0.2, 0.25) is 0 Å². The Morgan fingerprint density at radius 3 is 2.66 bits per heavy atom. The minimum absolute atomic E-state index is 0.0509. The molecule has 8 heteroatoms. The van der Waals surface area contributed by atoms with Gasteiger partial charge in [0.1, 0.15) is 0 Å². The molecule has 4 rings (SSSR count). The van der Waals surface area contributed by atoms with E-state index in [4.69, 9.17) is 21.7 Å². The van der Waals surface area contributed by atoms with Crippen molar-refractivity contribution in [3.05, 3.63) is 58.0 Å². The highest BCUT2D eigenvalue weighted by atomic mass is 32.1. The monoisotopic (exact) mass is 413 g/mol. The number of thiocarbonyl (C=S) groups is 1. The molecule has 2 aliphatic rings. The maximum Gasteiger partial charge on any atom is 0.257 e. The lowest BCUT2D eigenvalue weighted by molar-refractivity contribution is 0.0967. The van der Waals surface area contributed by atoms with Crippen LogP contribution < -0.4 is 20.3 Å². The number of hydrogen-bond donors (Lipinski definition) is 1. The van der Waals surface area contributed by atoms with Crippen LogP contribution in [0.5, 0.6) is 11.5 Å². The predicted molar refractivity (Wildman–Crippen MR) is 113 cm³/mol. The van der Waals surface area contributed by atoms with E-state index in [0.717, 1.165) is 18.7 Å². The number of nitrogens with one attached hydrogen (secondary N) is 1. The summed E-state index contributed by atoms with van der Waals surface area (Å²) in [4.78, 5) is 26.9. The first-order valence-corrected chi connectivity index (χ1v) is 9.93. The first-order valence-electron chi connectivity index (χ1n) is 9.52. The Bertz CT molecular complexity index is 1020. The number of rotatable bonds is 3. The molecule has 1 fully saturated rings. The topological polar surface area (TPSA) is 72.8 Å². The number of aromatic nitrogens is 1. The average Bonchev–Trinajstić information content (AvgIpc) is 2.73. The van der Waals surface area contributed by atoms with E-state index < -0.39 is 0 Å². The summed E-state index contributed by atoms with van der Waals surface area (Å²) in [5.41, 5.74) is 1.54. The van der Waals surface area contributed by atoms with Crippen LogP contribution in [0.1, 0.15) is 28.4 Å². The minimum Gasteiger partial charge on any atom is -0.493 e. The quantitative estimate of drug-likeness (QED) is 0.776. The number of amides is 1. The van der Waals surface area contributed by atoms with Crippen LogP contribution in [0.25, 0.3) is 0 Å². The van der Waals surface area contributed by atoms with Crippen molar-refractivity contribution >= 4 is 23.2 Å². The lowest BCUT2D eigenvalue weighted by Crippen LogP contribution is -2.52. The van der Waals surface area contributed by atoms with E-state index in [-0.39, 0.29) is 17.4 Å². The van der Waals surface area contributed by atoms with Gasteiger partial charge >= 0.3 is 0 Å². The summed E-state index contributed by atoms with van der Waals surface area (Å²) in [7, 11) is 3.08. The number of carbonyl (C=O) groups excluding carboxylic acids is 1. The van der Waals surface area contributed by atoms with E-state index in [0.29, 0.717) is 41.2 Å². The maximum atomic E-state index is 12.7. The predicted octanol–water partition coefficient (Wildman–Crippen LogP) is 2.00. The molecule has 1 aromatic heterocycles. The Hall–Kier alpha value is -2.87. The molecule has 0 aliphatic carbocycles. The normalized spacial score (nSPS) is 19.9. The van der Waals surface area contributed by atoms with Crippen LogP contribution >= 0.6 is 12.2 Å². The Kier molecular flexibility index (Phi) is 5.27. The molecule has 0 radical (unpaired) electrons. The fourth-order valence-electron chi connectivity index (χ4n) is 4.29. The van der Waals surface area contributed by atoms with Crippen molar-refractivity contribution in [1.29, 1.82) is 0 Å². The summed E-state index contributed by atoms with van der Waals surface area (Å²) in [5, 5.41) is 3.24. The fourth-order valence-corrected chi connectivity index (χ4v) is 4.53. The maximum absolute atomic E-state index is 12.7. The number of piperidine rings is 1. The Labute approximate surface area is 174 Å². The van der Waals surface area contributed by atoms with Crippen LogP contribution in [0.15, 0.2) is 41.2 Å². The lowest BCUT2D eigenvalue weighted by Gasteiger charge is -2.43. The molecule has 152 valence electrons. The first kappa shape index (κ1) is 19.4. The highest BCUT2D eigenvalue weighted by Gasteiger charge is 2.35. The van der Waals surface area contributed by atoms with Crippen molar-refractivity contribution in [3.8, 4) is 11.5 Å². The minimum atomic E-state index is -0.289. The van der Waals surface area contributed by atoms with Gasteiger partial charge in [-0.2, -0.15) is 0 Å². The van der Waals surface area contributed by atoms with Crippen molar-refractivity contribution in [3.63, 3.8) is 0 Å². The highest BCUT2D eigenvalue weighted by molar-refractivity contribution is 7.80. The van der Waals surface area contributed by atoms with Gasteiger partial charge in [-0.05, 0) is 48.8 Å². The molecule has 2 bridgehead atoms. The second-order valence-electron chi connectivity index (χ2n) is 7.43. The molecule has 1 saturated heterocycles. The Morgan fingerprint density at radius 1 is 1.10 bits per heavy atom. The summed E-state index contributed by atoms with van der Waals surface area (Å²) >= 11 is 5.53. The number of hydrogen-bond acceptors (Lipinski definition) is 5. The van der Waals surface area contributed by atoms with Crippen LogP contribution in [0.4, 0.5) is 0 Å². The molecular formula is C21H23N3O4S. The summed E-state index contributed by atoms with van der Waals surface area (Å²) in [6.07, 6.45) is 1.03. The number of likely N-dealkylation sites (tertiary alicyclic amines) is 1. The third-order valence-electron chi connectivity index (χ3n) is 5.63. The second-order valence-corrected chi connectivity index (χ2v) is 7.82. The molecule has 7 nitrogen and oxygen atoms in total. The number of nitrogens with zero attached hydrogens (tertiary/aromatic N) is 2. The van der Waals surface area contributed by atoms with Crippen molar-refractivity contribution in [2.45, 2.75) is 18.9 Å². The summed E-state index contributed by atoms with van der Waals surface area (Å²) in [6.45, 7) is 2.10. The second kappa shape index (κ2) is 7.87. The fraction of sp³-hybridized carbons (Fsp3) is 0.381. The molecular weight excluding hydrogens is 390 g/mol. The molecule has 2 atom stereocenters. The molecule has 0 spiro atoms. The van der Waals surface area contributed by atoms with Gasteiger partial charge in [0.2, 0.25) is 0 Å². The van der Waals surface area contributed by atoms with Gasteiger partial charge in [-0.25, -0.2) is 0 Å². The van der Waals surface area contributed by atoms with Gasteiger partial charge in [0.25, 0.3) is 11.5 Å². The molecule has 0 saturated carbocycles. The van der Waals surface area contributed by atoms with Crippen molar-refractivity contribution in [1.82, 2.24) is 14.8 Å². The largest absolute Gasteiger partial charge is 0.493 e. The number of benzene rings is 1. The van der Waals surface area contributed by atoms with Gasteiger partial charge in [-0.3, -0.25) is 14.9 Å². The van der Waals surface area contributed by atoms with Crippen LogP contribution in [-0.2, 0) is 6.54 Å². The van der Waals surface area contributed by atoms with E-state index in [1.807, 2.05) is 21.6 Å². The SMILES string of the molecule is COc1ccc(C(=O)NC(=S)N2C[C@@H]3C[C@@H](C2)c2cccc(=O)n2C3)cc1OC. The Balaban J connectivity index is 1.47. The Morgan fingerprint density at radius 2 is 1.90 bits per heavy atom. The van der Waals surface area contributed by atoms with Crippen molar-refractivity contribution < 1.29 is 14.3 Å². The molecule has 1 amide bonds. The molecule has 1 aromatic carbocycles. The van der Waals surface area contributed by atoms with E-state index in [1.165, 1.54) is 7.11 Å². The average molecular weight is 413 g/mol. The van der Waals surface area contributed by atoms with E-state index in [9.17, 15) is 9.59 Å². The number of methoxy groups -OCH3 is 2. The molecule has 3 heterocycles. The lowest BCUT2D eigenvalue weighted by atomic mass is 9.83. The number of ether oxygens (including phenoxy) is 2. The van der Waals surface area contributed by atoms with Gasteiger partial charge in [-0.1, -0.05) is 6.07 Å². The van der Waals surface area contributed by atoms with Crippen LogP contribution in [-0.4, -0.2) is 47.8 Å². The number of carbonyl (C=O) groups is 1. The molecule has 2 aliphatic heterocycles. The number of pyridine rings is 1. The molecule has 2 aromatic rings. The van der Waals surface area contributed by atoms with Crippen molar-refractivity contribution in [2.24, 2.45) is 5.92 Å². The van der Waals surface area contributed by atoms with Crippen LogP contribution in [0, 0.1) is 5.92 Å². The van der Waals surface area contributed by atoms with Gasteiger partial charge in [0.15, 0.2) is 16.6 Å². The van der Waals surface area contributed by atoms with Gasteiger partial charge in [0.05, 0.1) is 14.2 Å². The zero-order chi connectivity index (χ0) is 20.5. The van der Waals surface area contributed by atoms with Gasteiger partial charge < -0.3 is 18.9 Å². The summed E-state index contributed by atoms with van der Waals surface area (Å²) < 4.78 is 12.4. The standard InChI is InChI=1S/C21H23N3O4S/c1-27-17-7-6-14(9-18(17)28-2)20(26)22-21(29)23-10-13-8-15(12-23)16-4-3-5-19(25)24(16)11-13/h3-7,9,13,15H,8,10-12H2,1-2H3,(H,22,26,29)/t13-,15-/m0/s1. The third-order valence-corrected chi connectivity index (χ3v) is 5.99. The third kappa shape index (κ3) is 3.72. The van der Waals surface area contributed by atoms with Crippen molar-refractivity contribution in [2.75, 3.05) is 27.3 Å². The van der Waals surface area contributed by atoms with E-state index in [2.05, 4.69) is 5.32 Å². The summed E-state index contributed by atoms with van der Waals surface area (Å²) in [6, 6.07) is 10.4. The highest BCUT2D eigenvalue weighted by Crippen LogP contribution is 2.35. The molecule has 1 N–H and O–H groups in total. The zero-order valence-corrected chi connectivity index (χ0v) is 17.2. The summed E-state index contributed by atoms with van der Waals surface area (Å²) in [5.74, 6) is 1.32. The zero-order valence-electron chi connectivity index (χ0n) is 16.4. The van der Waals surface area contributed by atoms with Crippen LogP contribution in [0.3, 0.4) is 0 Å². The van der Waals surface area contributed by atoms with E-state index >= 15 is 0 Å². The van der Waals surface area contributed by atoms with E-state index in [1.54, 1.807) is 31.4 Å². The molecule has 29 heavy (non-hydrogen) atoms.